The Morgan fingerprint density at radius 1 is 0.933 bits per heavy atom. The summed E-state index contributed by atoms with van der Waals surface area (Å²) in [5, 5.41) is 1.69. The molecule has 0 unspecified atom stereocenters. The zero-order chi connectivity index (χ0) is 32.9. The second-order valence-corrected chi connectivity index (χ2v) is 14.9. The van der Waals surface area contributed by atoms with E-state index in [1.807, 2.05) is 83.1 Å². The van der Waals surface area contributed by atoms with E-state index >= 15 is 0 Å². The van der Waals surface area contributed by atoms with Crippen molar-refractivity contribution in [2.75, 3.05) is 19.7 Å². The van der Waals surface area contributed by atoms with Crippen LogP contribution >= 0.6 is 15.9 Å². The number of alkyl halides is 1. The van der Waals surface area contributed by atoms with Crippen molar-refractivity contribution in [1.82, 2.24) is 4.31 Å². The normalized spacial score (nSPS) is 12.6. The van der Waals surface area contributed by atoms with Crippen LogP contribution in [0.2, 0.25) is 0 Å². The molecule has 7 nitrogen and oxygen atoms in total. The van der Waals surface area contributed by atoms with Crippen molar-refractivity contribution in [3.8, 4) is 0 Å². The average Bonchev–Trinajstić information content (AvgIpc) is 3.47. The lowest BCUT2D eigenvalue weighted by molar-refractivity contribution is -0.156. The van der Waals surface area contributed by atoms with E-state index in [2.05, 4.69) is 28.1 Å². The van der Waals surface area contributed by atoms with Crippen LogP contribution in [0, 0.1) is 11.8 Å². The molecule has 0 N–H and O–H groups in total. The van der Waals surface area contributed by atoms with Gasteiger partial charge >= 0.3 is 5.97 Å². The van der Waals surface area contributed by atoms with Gasteiger partial charge in [0.15, 0.2) is 0 Å². The number of esters is 1. The van der Waals surface area contributed by atoms with Gasteiger partial charge in [0.2, 0.25) is 10.0 Å². The number of halogens is 1. The molecule has 1 atom stereocenters. The Morgan fingerprint density at radius 2 is 1.58 bits per heavy atom. The zero-order valence-electron chi connectivity index (χ0n) is 26.9. The molecule has 4 rings (SSSR count). The van der Waals surface area contributed by atoms with E-state index < -0.39 is 15.6 Å². The number of fused-ring (bicyclic) bond motifs is 1. The molecule has 0 fully saturated rings. The van der Waals surface area contributed by atoms with Gasteiger partial charge in [-0.3, -0.25) is 4.79 Å². The lowest BCUT2D eigenvalue weighted by Crippen LogP contribution is -2.36. The number of carbonyl (C=O) groups is 1. The van der Waals surface area contributed by atoms with Crippen molar-refractivity contribution in [2.45, 2.75) is 69.9 Å². The highest BCUT2D eigenvalue weighted by Gasteiger charge is 2.28. The van der Waals surface area contributed by atoms with Gasteiger partial charge in [0.05, 0.1) is 30.8 Å². The maximum Gasteiger partial charge on any atom is 0.306 e. The van der Waals surface area contributed by atoms with Gasteiger partial charge in [0.1, 0.15) is 11.2 Å². The summed E-state index contributed by atoms with van der Waals surface area (Å²) in [5.41, 5.74) is 2.41. The Balaban J connectivity index is 0.000000598. The summed E-state index contributed by atoms with van der Waals surface area (Å²) < 4.78 is 45.6. The lowest BCUT2D eigenvalue weighted by Gasteiger charge is -2.27. The lowest BCUT2D eigenvalue weighted by atomic mass is 10.0. The Bertz CT molecular complexity index is 1550. The number of carbonyl (C=O) groups excluding carboxylic acids is 1. The maximum absolute atomic E-state index is 13.6. The summed E-state index contributed by atoms with van der Waals surface area (Å²) >= 11 is 3.36. The first-order valence-electron chi connectivity index (χ1n) is 15.3. The summed E-state index contributed by atoms with van der Waals surface area (Å²) in [4.78, 5) is 12.9. The van der Waals surface area contributed by atoms with Gasteiger partial charge in [-0.2, -0.15) is 4.31 Å². The first-order chi connectivity index (χ1) is 21.4. The molecule has 0 radical (unpaired) electrons. The van der Waals surface area contributed by atoms with E-state index in [-0.39, 0.29) is 35.7 Å². The van der Waals surface area contributed by atoms with Crippen molar-refractivity contribution in [3.63, 3.8) is 0 Å². The number of sulfonamides is 1. The van der Waals surface area contributed by atoms with Crippen LogP contribution in [-0.4, -0.2) is 44.0 Å². The minimum atomic E-state index is -3.75. The van der Waals surface area contributed by atoms with Gasteiger partial charge in [-0.1, -0.05) is 90.4 Å². The van der Waals surface area contributed by atoms with Crippen molar-refractivity contribution >= 4 is 42.9 Å². The Hall–Kier alpha value is -2.98. The molecule has 1 aromatic heterocycles. The predicted molar refractivity (Wildman–Crippen MR) is 184 cm³/mol. The van der Waals surface area contributed by atoms with E-state index in [0.29, 0.717) is 31.8 Å². The molecule has 0 saturated carbocycles. The van der Waals surface area contributed by atoms with Crippen molar-refractivity contribution in [2.24, 2.45) is 11.8 Å². The van der Waals surface area contributed by atoms with E-state index in [0.717, 1.165) is 16.3 Å². The minimum Gasteiger partial charge on any atom is -0.464 e. The molecule has 0 spiro atoms. The van der Waals surface area contributed by atoms with Crippen LogP contribution in [-0.2, 0) is 36.2 Å². The third kappa shape index (κ3) is 12.7. The van der Waals surface area contributed by atoms with Crippen molar-refractivity contribution in [1.29, 1.82) is 0 Å². The number of hydrogen-bond acceptors (Lipinski definition) is 6. The molecule has 244 valence electrons. The first kappa shape index (κ1) is 36.5. The number of rotatable bonds is 14. The summed E-state index contributed by atoms with van der Waals surface area (Å²) in [5.74, 6) is -0.379. The number of benzene rings is 3. The van der Waals surface area contributed by atoms with E-state index in [1.165, 1.54) is 9.87 Å². The van der Waals surface area contributed by atoms with Crippen LogP contribution in [0.15, 0.2) is 101 Å². The summed E-state index contributed by atoms with van der Waals surface area (Å²) in [6, 6.07) is 26.7. The number of hydrogen-bond donors (Lipinski definition) is 0. The van der Waals surface area contributed by atoms with Gasteiger partial charge in [-0.25, -0.2) is 8.42 Å². The van der Waals surface area contributed by atoms with E-state index in [4.69, 9.17) is 13.9 Å². The molecule has 3 aromatic carbocycles. The van der Waals surface area contributed by atoms with Crippen LogP contribution in [0.1, 0.15) is 58.6 Å². The summed E-state index contributed by atoms with van der Waals surface area (Å²) in [6.45, 7) is 10.9. The van der Waals surface area contributed by atoms with Crippen LogP contribution in [0.3, 0.4) is 0 Å². The second-order valence-electron chi connectivity index (χ2n) is 12.4. The van der Waals surface area contributed by atoms with Gasteiger partial charge in [0, 0.05) is 23.8 Å². The quantitative estimate of drug-likeness (QED) is 0.0968. The van der Waals surface area contributed by atoms with Gasteiger partial charge < -0.3 is 13.9 Å². The predicted octanol–water partition coefficient (Wildman–Crippen LogP) is 8.62. The minimum absolute atomic E-state index is 0.131. The monoisotopic (exact) mass is 699 g/mol. The van der Waals surface area contributed by atoms with E-state index in [1.54, 1.807) is 30.5 Å². The third-order valence-corrected chi connectivity index (χ3v) is 9.26. The van der Waals surface area contributed by atoms with Gasteiger partial charge in [0.25, 0.3) is 0 Å². The van der Waals surface area contributed by atoms with Crippen LogP contribution in [0.4, 0.5) is 0 Å². The highest BCUT2D eigenvalue weighted by Crippen LogP contribution is 2.25. The van der Waals surface area contributed by atoms with Gasteiger partial charge in [-0.15, -0.1) is 0 Å². The summed E-state index contributed by atoms with van der Waals surface area (Å²) in [7, 11) is -3.75. The molecule has 4 aromatic rings. The molecule has 0 aliphatic rings. The standard InChI is InChI=1S/C29H39NO6S.C7H7Br/c1-22(2)19-30(37(32,33)26-11-12-27-25(18-26)14-16-35-27)15-13-24(17-28(31)36-29(3,4)5)21-34-20-23-9-7-6-8-10-23;8-6-7-4-2-1-3-5-7/h6-12,14,16,18,22,24H,13,15,17,19-21H2,1-5H3;1-5H,6H2/t24-;/m1./s1. The fourth-order valence-corrected chi connectivity index (χ4v) is 6.67. The molecule has 1 heterocycles. The Morgan fingerprint density at radius 3 is 2.16 bits per heavy atom. The second kappa shape index (κ2) is 17.6. The SMILES string of the molecule is BrCc1ccccc1.CC(C)CN(CC[C@@H](COCc1ccccc1)CC(=O)OC(C)(C)C)S(=O)(=O)c1ccc2occc2c1. The first-order valence-corrected chi connectivity index (χ1v) is 17.8. The molecule has 0 bridgehead atoms. The van der Waals surface area contributed by atoms with E-state index in [9.17, 15) is 13.2 Å². The van der Waals surface area contributed by atoms with Crippen LogP contribution in [0.5, 0.6) is 0 Å². The number of ether oxygens (including phenoxy) is 2. The fraction of sp³-hybridized carbons (Fsp3) is 0.417. The fourth-order valence-electron chi connectivity index (χ4n) is 4.65. The highest BCUT2D eigenvalue weighted by molar-refractivity contribution is 9.08. The third-order valence-electron chi connectivity index (χ3n) is 6.75. The van der Waals surface area contributed by atoms with Gasteiger partial charge in [-0.05, 0) is 74.4 Å². The number of nitrogens with zero attached hydrogens (tertiary/aromatic N) is 1. The average molecular weight is 701 g/mol. The largest absolute Gasteiger partial charge is 0.464 e. The number of furan rings is 1. The highest BCUT2D eigenvalue weighted by atomic mass is 79.9. The molecular formula is C36H46BrNO6S. The smallest absolute Gasteiger partial charge is 0.306 e. The molecule has 0 saturated heterocycles. The Labute approximate surface area is 277 Å². The molecule has 45 heavy (non-hydrogen) atoms. The van der Waals surface area contributed by atoms with Crippen LogP contribution in [0.25, 0.3) is 11.0 Å². The topological polar surface area (TPSA) is 86.0 Å². The zero-order valence-corrected chi connectivity index (χ0v) is 29.4. The molecule has 9 heteroatoms. The molecule has 0 aliphatic heterocycles. The van der Waals surface area contributed by atoms with Crippen molar-refractivity contribution in [3.05, 3.63) is 102 Å². The maximum atomic E-state index is 13.6. The molecular weight excluding hydrogens is 654 g/mol. The summed E-state index contributed by atoms with van der Waals surface area (Å²) in [6.07, 6.45) is 2.17. The van der Waals surface area contributed by atoms with Crippen molar-refractivity contribution < 1.29 is 27.1 Å². The Kier molecular flexibility index (Phi) is 14.3. The van der Waals surface area contributed by atoms with Crippen LogP contribution < -0.4 is 0 Å². The molecule has 0 amide bonds. The molecule has 0 aliphatic carbocycles.